The van der Waals surface area contributed by atoms with Crippen LogP contribution in [0.15, 0.2) is 42.7 Å². The number of aryl methyl sites for hydroxylation is 3. The van der Waals surface area contributed by atoms with Crippen LogP contribution in [-0.2, 0) is 7.05 Å². The van der Waals surface area contributed by atoms with Crippen molar-refractivity contribution in [2.45, 2.75) is 13.8 Å². The lowest BCUT2D eigenvalue weighted by Gasteiger charge is -2.06. The van der Waals surface area contributed by atoms with E-state index in [-0.39, 0.29) is 5.97 Å². The maximum Gasteiger partial charge on any atom is 0.343 e. The Bertz CT molecular complexity index is 814. The van der Waals surface area contributed by atoms with E-state index in [4.69, 9.17) is 4.74 Å². The summed E-state index contributed by atoms with van der Waals surface area (Å²) in [6.07, 6.45) is 1.74. The van der Waals surface area contributed by atoms with Crippen molar-refractivity contribution in [3.8, 4) is 5.75 Å². The normalized spacial score (nSPS) is 10.8. The van der Waals surface area contributed by atoms with Gasteiger partial charge in [-0.25, -0.2) is 9.78 Å². The van der Waals surface area contributed by atoms with E-state index in [0.717, 1.165) is 22.2 Å². The summed E-state index contributed by atoms with van der Waals surface area (Å²) in [5.74, 6) is 0.155. The molecule has 0 atom stereocenters. The van der Waals surface area contributed by atoms with Crippen LogP contribution in [0, 0.1) is 13.8 Å². The first-order valence-electron chi connectivity index (χ1n) is 6.74. The van der Waals surface area contributed by atoms with Gasteiger partial charge in [0.15, 0.2) is 0 Å². The van der Waals surface area contributed by atoms with Gasteiger partial charge >= 0.3 is 5.97 Å². The van der Waals surface area contributed by atoms with Crippen molar-refractivity contribution < 1.29 is 9.53 Å². The van der Waals surface area contributed by atoms with Gasteiger partial charge in [0.25, 0.3) is 0 Å². The summed E-state index contributed by atoms with van der Waals surface area (Å²) >= 11 is 0. The van der Waals surface area contributed by atoms with Gasteiger partial charge in [-0.1, -0.05) is 17.2 Å². The van der Waals surface area contributed by atoms with Gasteiger partial charge in [-0.3, -0.25) is 0 Å². The second-order valence-electron chi connectivity index (χ2n) is 5.27. The average Bonchev–Trinajstić information content (AvgIpc) is 2.79. The maximum absolute atomic E-state index is 12.2. The number of rotatable bonds is 2. The largest absolute Gasteiger partial charge is 0.423 e. The number of hydrogen-bond donors (Lipinski definition) is 0. The van der Waals surface area contributed by atoms with Crippen molar-refractivity contribution in [3.05, 3.63) is 59.4 Å². The first-order valence-corrected chi connectivity index (χ1v) is 6.74. The van der Waals surface area contributed by atoms with E-state index in [1.807, 2.05) is 49.7 Å². The number of esters is 1. The third-order valence-corrected chi connectivity index (χ3v) is 3.36. The van der Waals surface area contributed by atoms with E-state index in [2.05, 4.69) is 4.98 Å². The zero-order valence-electron chi connectivity index (χ0n) is 12.3. The summed E-state index contributed by atoms with van der Waals surface area (Å²) in [5.41, 5.74) is 4.46. The number of benzene rings is 2. The molecule has 0 aliphatic heterocycles. The molecular formula is C17H16N2O2. The molecule has 0 aliphatic carbocycles. The molecule has 106 valence electrons. The van der Waals surface area contributed by atoms with Gasteiger partial charge in [-0.2, -0.15) is 0 Å². The molecule has 2 aromatic carbocycles. The first-order chi connectivity index (χ1) is 10.0. The maximum atomic E-state index is 12.2. The van der Waals surface area contributed by atoms with Gasteiger partial charge in [-0.05, 0) is 38.1 Å². The minimum absolute atomic E-state index is 0.350. The fraction of sp³-hybridized carbons (Fsp3) is 0.176. The number of carbonyl (C=O) groups excluding carboxylic acids is 1. The molecule has 0 bridgehead atoms. The lowest BCUT2D eigenvalue weighted by Crippen LogP contribution is -2.09. The SMILES string of the molecule is Cc1cc(C)cc(C(=O)Oc2ccc3c(c2)ncn3C)c1. The highest BCUT2D eigenvalue weighted by Gasteiger charge is 2.11. The fourth-order valence-corrected chi connectivity index (χ4v) is 2.44. The Morgan fingerprint density at radius 1 is 1.10 bits per heavy atom. The highest BCUT2D eigenvalue weighted by Crippen LogP contribution is 2.20. The molecular weight excluding hydrogens is 264 g/mol. The molecule has 1 heterocycles. The molecule has 3 aromatic rings. The van der Waals surface area contributed by atoms with Gasteiger partial charge in [0.2, 0.25) is 0 Å². The van der Waals surface area contributed by atoms with Crippen molar-refractivity contribution in [1.29, 1.82) is 0 Å². The second-order valence-corrected chi connectivity index (χ2v) is 5.27. The Morgan fingerprint density at radius 2 is 1.81 bits per heavy atom. The lowest BCUT2D eigenvalue weighted by atomic mass is 10.1. The Labute approximate surface area is 123 Å². The minimum Gasteiger partial charge on any atom is -0.423 e. The Hall–Kier alpha value is -2.62. The summed E-state index contributed by atoms with van der Waals surface area (Å²) in [6, 6.07) is 11.1. The van der Waals surface area contributed by atoms with Crippen molar-refractivity contribution in [2.24, 2.45) is 7.05 Å². The topological polar surface area (TPSA) is 44.1 Å². The molecule has 0 fully saturated rings. The van der Waals surface area contributed by atoms with Crippen molar-refractivity contribution in [1.82, 2.24) is 9.55 Å². The average molecular weight is 280 g/mol. The molecule has 0 N–H and O–H groups in total. The summed E-state index contributed by atoms with van der Waals surface area (Å²) in [6.45, 7) is 3.92. The summed E-state index contributed by atoms with van der Waals surface area (Å²) in [7, 11) is 1.93. The molecule has 0 saturated heterocycles. The molecule has 0 aliphatic rings. The molecule has 0 amide bonds. The highest BCUT2D eigenvalue weighted by molar-refractivity contribution is 5.92. The molecule has 0 saturated carbocycles. The number of hydrogen-bond acceptors (Lipinski definition) is 3. The van der Waals surface area contributed by atoms with Gasteiger partial charge < -0.3 is 9.30 Å². The van der Waals surface area contributed by atoms with E-state index in [1.165, 1.54) is 0 Å². The number of ether oxygens (including phenoxy) is 1. The van der Waals surface area contributed by atoms with Crippen molar-refractivity contribution >= 4 is 17.0 Å². The molecule has 0 unspecified atom stereocenters. The number of aromatic nitrogens is 2. The minimum atomic E-state index is -0.350. The second kappa shape index (κ2) is 5.05. The van der Waals surface area contributed by atoms with Crippen LogP contribution in [0.3, 0.4) is 0 Å². The van der Waals surface area contributed by atoms with Gasteiger partial charge in [-0.15, -0.1) is 0 Å². The molecule has 4 nitrogen and oxygen atoms in total. The Kier molecular flexibility index (Phi) is 3.22. The Morgan fingerprint density at radius 3 is 2.52 bits per heavy atom. The predicted molar refractivity (Wildman–Crippen MR) is 81.6 cm³/mol. The smallest absolute Gasteiger partial charge is 0.343 e. The number of carbonyl (C=O) groups is 1. The van der Waals surface area contributed by atoms with E-state index in [1.54, 1.807) is 18.5 Å². The van der Waals surface area contributed by atoms with Crippen LogP contribution in [0.2, 0.25) is 0 Å². The van der Waals surface area contributed by atoms with Crippen LogP contribution in [-0.4, -0.2) is 15.5 Å². The van der Waals surface area contributed by atoms with Crippen LogP contribution in [0.1, 0.15) is 21.5 Å². The number of nitrogens with zero attached hydrogens (tertiary/aromatic N) is 2. The molecule has 4 heteroatoms. The van der Waals surface area contributed by atoms with Gasteiger partial charge in [0.1, 0.15) is 5.75 Å². The summed E-state index contributed by atoms with van der Waals surface area (Å²) < 4.78 is 7.36. The number of fused-ring (bicyclic) bond motifs is 1. The van der Waals surface area contributed by atoms with E-state index < -0.39 is 0 Å². The third kappa shape index (κ3) is 2.65. The van der Waals surface area contributed by atoms with Crippen molar-refractivity contribution in [3.63, 3.8) is 0 Å². The van der Waals surface area contributed by atoms with E-state index in [9.17, 15) is 4.79 Å². The lowest BCUT2D eigenvalue weighted by molar-refractivity contribution is 0.0735. The summed E-state index contributed by atoms with van der Waals surface area (Å²) in [5, 5.41) is 0. The van der Waals surface area contributed by atoms with Crippen LogP contribution < -0.4 is 4.74 Å². The fourth-order valence-electron chi connectivity index (χ4n) is 2.44. The van der Waals surface area contributed by atoms with Gasteiger partial charge in [0, 0.05) is 13.1 Å². The third-order valence-electron chi connectivity index (χ3n) is 3.36. The van der Waals surface area contributed by atoms with Crippen LogP contribution >= 0.6 is 0 Å². The highest BCUT2D eigenvalue weighted by atomic mass is 16.5. The predicted octanol–water partition coefficient (Wildman–Crippen LogP) is 3.41. The van der Waals surface area contributed by atoms with Crippen molar-refractivity contribution in [2.75, 3.05) is 0 Å². The van der Waals surface area contributed by atoms with Crippen LogP contribution in [0.25, 0.3) is 11.0 Å². The van der Waals surface area contributed by atoms with E-state index >= 15 is 0 Å². The summed E-state index contributed by atoms with van der Waals surface area (Å²) in [4.78, 5) is 16.5. The zero-order valence-corrected chi connectivity index (χ0v) is 12.3. The molecule has 0 radical (unpaired) electrons. The number of imidazole rings is 1. The Balaban J connectivity index is 1.88. The standard InChI is InChI=1S/C17H16N2O2/c1-11-6-12(2)8-13(7-11)17(20)21-14-4-5-16-15(9-14)18-10-19(16)3/h4-10H,1-3H3. The first kappa shape index (κ1) is 13.4. The van der Waals surface area contributed by atoms with Crippen LogP contribution in [0.4, 0.5) is 0 Å². The van der Waals surface area contributed by atoms with E-state index in [0.29, 0.717) is 11.3 Å². The zero-order chi connectivity index (χ0) is 15.0. The molecule has 0 spiro atoms. The van der Waals surface area contributed by atoms with Gasteiger partial charge in [0.05, 0.1) is 22.9 Å². The quantitative estimate of drug-likeness (QED) is 0.533. The molecule has 1 aromatic heterocycles. The monoisotopic (exact) mass is 280 g/mol. The van der Waals surface area contributed by atoms with Crippen LogP contribution in [0.5, 0.6) is 5.75 Å². The molecule has 21 heavy (non-hydrogen) atoms. The molecule has 3 rings (SSSR count).